The Morgan fingerprint density at radius 2 is 2.00 bits per heavy atom. The quantitative estimate of drug-likeness (QED) is 0.686. The van der Waals surface area contributed by atoms with Crippen LogP contribution in [0, 0.1) is 6.92 Å². The van der Waals surface area contributed by atoms with E-state index in [1.165, 1.54) is 0 Å². The number of benzene rings is 1. The molecule has 25 heavy (non-hydrogen) atoms. The molecule has 6 nitrogen and oxygen atoms in total. The predicted molar refractivity (Wildman–Crippen MR) is 97.0 cm³/mol. The average Bonchev–Trinajstić information content (AvgIpc) is 2.98. The molecule has 0 bridgehead atoms. The van der Waals surface area contributed by atoms with Crippen LogP contribution in [0.1, 0.15) is 17.1 Å². The molecule has 0 saturated carbocycles. The van der Waals surface area contributed by atoms with Crippen LogP contribution < -0.4 is 14.8 Å². The summed E-state index contributed by atoms with van der Waals surface area (Å²) in [4.78, 5) is 1.93. The summed E-state index contributed by atoms with van der Waals surface area (Å²) in [5.41, 5.74) is 0.972. The Hall–Kier alpha value is -2.02. The molecule has 2 rings (SSSR count). The molecule has 1 heterocycles. The Kier molecular flexibility index (Phi) is 7.31. The smallest absolute Gasteiger partial charge is 0.124 e. The first-order valence-electron chi connectivity index (χ1n) is 8.36. The highest BCUT2D eigenvalue weighted by Crippen LogP contribution is 2.24. The van der Waals surface area contributed by atoms with Crippen molar-refractivity contribution in [3.8, 4) is 11.5 Å². The summed E-state index contributed by atoms with van der Waals surface area (Å²) in [5.74, 6) is 3.30. The van der Waals surface area contributed by atoms with Crippen LogP contribution in [0.4, 0.5) is 0 Å². The lowest BCUT2D eigenvalue weighted by Gasteiger charge is -2.18. The standard InChI is InChI=1S/C19H28N2O4/c1-14-5-6-18(25-14)11-20-10-15-9-17(23-4)7-8-19(15)24-13-16(22)12-21(2)3/h5-9,16,20,22H,10-13H2,1-4H3. The van der Waals surface area contributed by atoms with Gasteiger partial charge in [-0.3, -0.25) is 0 Å². The molecule has 1 atom stereocenters. The highest BCUT2D eigenvalue weighted by atomic mass is 16.5. The van der Waals surface area contributed by atoms with E-state index in [-0.39, 0.29) is 6.61 Å². The zero-order valence-electron chi connectivity index (χ0n) is 15.4. The van der Waals surface area contributed by atoms with Gasteiger partial charge in [0.1, 0.15) is 35.7 Å². The number of nitrogens with zero attached hydrogens (tertiary/aromatic N) is 1. The van der Waals surface area contributed by atoms with E-state index >= 15 is 0 Å². The van der Waals surface area contributed by atoms with Crippen LogP contribution in [-0.4, -0.2) is 50.5 Å². The van der Waals surface area contributed by atoms with E-state index in [0.717, 1.165) is 28.6 Å². The first-order valence-corrected chi connectivity index (χ1v) is 8.36. The number of nitrogens with one attached hydrogen (secondary N) is 1. The molecule has 0 aliphatic carbocycles. The number of ether oxygens (including phenoxy) is 2. The largest absolute Gasteiger partial charge is 0.497 e. The van der Waals surface area contributed by atoms with Crippen LogP contribution in [0.5, 0.6) is 11.5 Å². The van der Waals surface area contributed by atoms with Crippen molar-refractivity contribution in [1.82, 2.24) is 10.2 Å². The van der Waals surface area contributed by atoms with E-state index in [0.29, 0.717) is 19.6 Å². The number of methoxy groups -OCH3 is 1. The maximum atomic E-state index is 9.98. The van der Waals surface area contributed by atoms with Crippen LogP contribution in [0.2, 0.25) is 0 Å². The van der Waals surface area contributed by atoms with Crippen molar-refractivity contribution >= 4 is 0 Å². The van der Waals surface area contributed by atoms with E-state index in [2.05, 4.69) is 5.32 Å². The normalized spacial score (nSPS) is 12.4. The molecule has 0 saturated heterocycles. The number of aryl methyl sites for hydroxylation is 1. The van der Waals surface area contributed by atoms with Crippen molar-refractivity contribution in [2.75, 3.05) is 34.4 Å². The highest BCUT2D eigenvalue weighted by Gasteiger charge is 2.11. The van der Waals surface area contributed by atoms with Gasteiger partial charge in [-0.05, 0) is 51.4 Å². The molecule has 1 aromatic heterocycles. The summed E-state index contributed by atoms with van der Waals surface area (Å²) >= 11 is 0. The lowest BCUT2D eigenvalue weighted by atomic mass is 10.2. The van der Waals surface area contributed by atoms with Crippen molar-refractivity contribution in [2.45, 2.75) is 26.1 Å². The Morgan fingerprint density at radius 3 is 2.64 bits per heavy atom. The topological polar surface area (TPSA) is 67.1 Å². The zero-order chi connectivity index (χ0) is 18.2. The van der Waals surface area contributed by atoms with Crippen molar-refractivity contribution < 1.29 is 19.0 Å². The van der Waals surface area contributed by atoms with Gasteiger partial charge in [-0.1, -0.05) is 0 Å². The van der Waals surface area contributed by atoms with Crippen LogP contribution in [-0.2, 0) is 13.1 Å². The first-order chi connectivity index (χ1) is 12.0. The molecule has 1 unspecified atom stereocenters. The van der Waals surface area contributed by atoms with Gasteiger partial charge in [0.2, 0.25) is 0 Å². The molecule has 0 aliphatic rings. The van der Waals surface area contributed by atoms with Gasteiger partial charge in [-0.15, -0.1) is 0 Å². The maximum absolute atomic E-state index is 9.98. The summed E-state index contributed by atoms with van der Waals surface area (Å²) in [6.45, 7) is 3.97. The summed E-state index contributed by atoms with van der Waals surface area (Å²) in [7, 11) is 5.48. The molecule has 0 fully saturated rings. The van der Waals surface area contributed by atoms with Gasteiger partial charge in [0, 0.05) is 18.7 Å². The van der Waals surface area contributed by atoms with E-state index in [9.17, 15) is 5.11 Å². The van der Waals surface area contributed by atoms with Crippen LogP contribution in [0.25, 0.3) is 0 Å². The van der Waals surface area contributed by atoms with Crippen molar-refractivity contribution in [3.63, 3.8) is 0 Å². The summed E-state index contributed by atoms with van der Waals surface area (Å²) in [5, 5.41) is 13.3. The average molecular weight is 348 g/mol. The van der Waals surface area contributed by atoms with Gasteiger partial charge >= 0.3 is 0 Å². The number of hydrogen-bond acceptors (Lipinski definition) is 6. The number of rotatable bonds is 10. The van der Waals surface area contributed by atoms with Crippen molar-refractivity contribution in [1.29, 1.82) is 0 Å². The van der Waals surface area contributed by atoms with E-state index < -0.39 is 6.10 Å². The molecule has 1 aromatic carbocycles. The third-order valence-corrected chi connectivity index (χ3v) is 3.69. The fourth-order valence-electron chi connectivity index (χ4n) is 2.52. The van der Waals surface area contributed by atoms with Crippen molar-refractivity contribution in [2.24, 2.45) is 0 Å². The minimum Gasteiger partial charge on any atom is -0.497 e. The van der Waals surface area contributed by atoms with E-state index in [4.69, 9.17) is 13.9 Å². The molecule has 6 heteroatoms. The van der Waals surface area contributed by atoms with Crippen LogP contribution >= 0.6 is 0 Å². The number of aliphatic hydroxyl groups is 1. The zero-order valence-corrected chi connectivity index (χ0v) is 15.4. The number of furan rings is 1. The highest BCUT2D eigenvalue weighted by molar-refractivity contribution is 5.40. The van der Waals surface area contributed by atoms with Gasteiger partial charge in [0.15, 0.2) is 0 Å². The second-order valence-electron chi connectivity index (χ2n) is 6.32. The first kappa shape index (κ1) is 19.3. The summed E-state index contributed by atoms with van der Waals surface area (Å²) in [6, 6.07) is 9.57. The summed E-state index contributed by atoms with van der Waals surface area (Å²) in [6.07, 6.45) is -0.538. The van der Waals surface area contributed by atoms with Gasteiger partial charge < -0.3 is 29.2 Å². The lowest BCUT2D eigenvalue weighted by molar-refractivity contribution is 0.0826. The second kappa shape index (κ2) is 9.46. The molecule has 0 spiro atoms. The maximum Gasteiger partial charge on any atom is 0.124 e. The Morgan fingerprint density at radius 1 is 1.20 bits per heavy atom. The third-order valence-electron chi connectivity index (χ3n) is 3.69. The monoisotopic (exact) mass is 348 g/mol. The van der Waals surface area contributed by atoms with Crippen LogP contribution in [0.15, 0.2) is 34.7 Å². The van der Waals surface area contributed by atoms with Gasteiger partial charge in [-0.25, -0.2) is 0 Å². The molecule has 138 valence electrons. The predicted octanol–water partition coefficient (Wildman–Crippen LogP) is 2.19. The van der Waals surface area contributed by atoms with Crippen molar-refractivity contribution in [3.05, 3.63) is 47.4 Å². The van der Waals surface area contributed by atoms with E-state index in [1.807, 2.05) is 56.3 Å². The Labute approximate surface area is 149 Å². The number of hydrogen-bond donors (Lipinski definition) is 2. The Balaban J connectivity index is 1.96. The minimum atomic E-state index is -0.538. The number of aliphatic hydroxyl groups excluding tert-OH is 1. The van der Waals surface area contributed by atoms with Crippen LogP contribution in [0.3, 0.4) is 0 Å². The van der Waals surface area contributed by atoms with Gasteiger partial charge in [0.25, 0.3) is 0 Å². The molecular weight excluding hydrogens is 320 g/mol. The Bertz CT molecular complexity index is 655. The molecule has 0 aliphatic heterocycles. The molecular formula is C19H28N2O4. The summed E-state index contributed by atoms with van der Waals surface area (Å²) < 4.78 is 16.7. The fraction of sp³-hybridized carbons (Fsp3) is 0.474. The molecule has 0 amide bonds. The number of likely N-dealkylation sites (N-methyl/N-ethyl adjacent to an activating group) is 1. The SMILES string of the molecule is COc1ccc(OCC(O)CN(C)C)c(CNCc2ccc(C)o2)c1. The van der Waals surface area contributed by atoms with Gasteiger partial charge in [-0.2, -0.15) is 0 Å². The van der Waals surface area contributed by atoms with Gasteiger partial charge in [0.05, 0.1) is 13.7 Å². The fourth-order valence-corrected chi connectivity index (χ4v) is 2.52. The second-order valence-corrected chi connectivity index (χ2v) is 6.32. The molecule has 2 aromatic rings. The lowest BCUT2D eigenvalue weighted by Crippen LogP contribution is -2.30. The molecule has 0 radical (unpaired) electrons. The third kappa shape index (κ3) is 6.42. The molecule has 2 N–H and O–H groups in total. The minimum absolute atomic E-state index is 0.245. The van der Waals surface area contributed by atoms with E-state index in [1.54, 1.807) is 7.11 Å².